The van der Waals surface area contributed by atoms with Gasteiger partial charge in [-0.1, -0.05) is 19.3 Å². The minimum Gasteiger partial charge on any atom is -0.469 e. The fraction of sp³-hybridized carbons (Fsp3) is 0.909. The Kier molecular flexibility index (Phi) is 10.1. The van der Waals surface area contributed by atoms with Gasteiger partial charge in [0.1, 0.15) is 0 Å². The highest BCUT2D eigenvalue weighted by molar-refractivity contribution is 6.17. The number of hydrogen-bond donors (Lipinski definition) is 1. The third-order valence-electron chi connectivity index (χ3n) is 2.34. The molecule has 90 valence electrons. The van der Waals surface area contributed by atoms with E-state index in [9.17, 15) is 9.90 Å². The molecule has 0 spiro atoms. The second-order valence-electron chi connectivity index (χ2n) is 3.66. The van der Waals surface area contributed by atoms with Crippen LogP contribution in [0.5, 0.6) is 0 Å². The first-order chi connectivity index (χ1) is 7.20. The summed E-state index contributed by atoms with van der Waals surface area (Å²) >= 11 is 5.50. The average molecular weight is 237 g/mol. The predicted molar refractivity (Wildman–Crippen MR) is 61.1 cm³/mol. The molecule has 0 amide bonds. The van der Waals surface area contributed by atoms with E-state index in [0.717, 1.165) is 32.1 Å². The number of aliphatic hydroxyl groups excluding tert-OH is 1. The van der Waals surface area contributed by atoms with Crippen LogP contribution >= 0.6 is 11.6 Å². The molecule has 0 bridgehead atoms. The molecule has 1 unspecified atom stereocenters. The molecule has 0 aliphatic carbocycles. The van der Waals surface area contributed by atoms with Crippen LogP contribution in [0.15, 0.2) is 0 Å². The van der Waals surface area contributed by atoms with Crippen molar-refractivity contribution >= 4 is 17.6 Å². The van der Waals surface area contributed by atoms with Crippen molar-refractivity contribution in [2.45, 2.75) is 51.0 Å². The predicted octanol–water partition coefficient (Wildman–Crippen LogP) is 2.49. The van der Waals surface area contributed by atoms with Crippen molar-refractivity contribution in [1.29, 1.82) is 0 Å². The first-order valence-corrected chi connectivity index (χ1v) is 6.05. The van der Waals surface area contributed by atoms with Gasteiger partial charge in [-0.05, 0) is 19.3 Å². The number of esters is 1. The van der Waals surface area contributed by atoms with E-state index in [1.165, 1.54) is 7.11 Å². The number of ether oxygens (including phenoxy) is 1. The Morgan fingerprint density at radius 1 is 1.27 bits per heavy atom. The van der Waals surface area contributed by atoms with Crippen LogP contribution in [0.4, 0.5) is 0 Å². The van der Waals surface area contributed by atoms with Gasteiger partial charge in [0, 0.05) is 12.3 Å². The molecule has 1 atom stereocenters. The third-order valence-corrected chi connectivity index (χ3v) is 2.56. The number of methoxy groups -OCH3 is 1. The molecule has 4 heteroatoms. The van der Waals surface area contributed by atoms with Crippen LogP contribution in [-0.4, -0.2) is 30.2 Å². The summed E-state index contributed by atoms with van der Waals surface area (Å²) in [4.78, 5) is 10.8. The first kappa shape index (κ1) is 14.7. The molecule has 0 aromatic carbocycles. The maximum atomic E-state index is 10.8. The van der Waals surface area contributed by atoms with E-state index in [2.05, 4.69) is 4.74 Å². The number of aliphatic hydroxyl groups is 1. The Labute approximate surface area is 96.8 Å². The average Bonchev–Trinajstić information content (AvgIpc) is 2.23. The number of carbonyl (C=O) groups is 1. The summed E-state index contributed by atoms with van der Waals surface area (Å²) < 4.78 is 4.53. The van der Waals surface area contributed by atoms with Crippen LogP contribution in [-0.2, 0) is 9.53 Å². The van der Waals surface area contributed by atoms with Crippen LogP contribution in [0.2, 0.25) is 0 Å². The first-order valence-electron chi connectivity index (χ1n) is 5.51. The van der Waals surface area contributed by atoms with Crippen molar-refractivity contribution in [1.82, 2.24) is 0 Å². The molecule has 3 nitrogen and oxygen atoms in total. The molecule has 0 aliphatic heterocycles. The maximum absolute atomic E-state index is 10.8. The van der Waals surface area contributed by atoms with Crippen molar-refractivity contribution in [3.63, 3.8) is 0 Å². The standard InChI is InChI=1S/C11H21ClO3/c1-15-11(14)7-5-3-2-4-6-10(13)8-9-12/h10,13H,2-9H2,1H3. The van der Waals surface area contributed by atoms with E-state index in [4.69, 9.17) is 11.6 Å². The summed E-state index contributed by atoms with van der Waals surface area (Å²) in [7, 11) is 1.41. The SMILES string of the molecule is COC(=O)CCCCCCC(O)CCCl. The Balaban J connectivity index is 3.14. The summed E-state index contributed by atoms with van der Waals surface area (Å²) in [5.74, 6) is 0.376. The summed E-state index contributed by atoms with van der Waals surface area (Å²) in [5, 5.41) is 9.37. The Morgan fingerprint density at radius 2 is 1.93 bits per heavy atom. The van der Waals surface area contributed by atoms with E-state index < -0.39 is 0 Å². The van der Waals surface area contributed by atoms with E-state index in [-0.39, 0.29) is 12.1 Å². The van der Waals surface area contributed by atoms with Crippen molar-refractivity contribution in [2.24, 2.45) is 0 Å². The fourth-order valence-electron chi connectivity index (χ4n) is 1.38. The molecule has 0 aromatic rings. The lowest BCUT2D eigenvalue weighted by atomic mass is 10.1. The van der Waals surface area contributed by atoms with Crippen LogP contribution in [0, 0.1) is 0 Å². The van der Waals surface area contributed by atoms with Crippen LogP contribution in [0.1, 0.15) is 44.9 Å². The summed E-state index contributed by atoms with van der Waals surface area (Å²) in [6, 6.07) is 0. The Bertz CT molecular complexity index is 162. The van der Waals surface area contributed by atoms with Gasteiger partial charge in [0.15, 0.2) is 0 Å². The van der Waals surface area contributed by atoms with Gasteiger partial charge >= 0.3 is 5.97 Å². The number of unbranched alkanes of at least 4 members (excludes halogenated alkanes) is 3. The van der Waals surface area contributed by atoms with Crippen LogP contribution in [0.25, 0.3) is 0 Å². The molecule has 0 heterocycles. The second-order valence-corrected chi connectivity index (χ2v) is 4.04. The van der Waals surface area contributed by atoms with Crippen LogP contribution < -0.4 is 0 Å². The largest absolute Gasteiger partial charge is 0.469 e. The molecular weight excluding hydrogens is 216 g/mol. The van der Waals surface area contributed by atoms with E-state index in [1.807, 2.05) is 0 Å². The van der Waals surface area contributed by atoms with Crippen molar-refractivity contribution < 1.29 is 14.6 Å². The zero-order valence-corrected chi connectivity index (χ0v) is 10.1. The lowest BCUT2D eigenvalue weighted by Gasteiger charge is -2.07. The lowest BCUT2D eigenvalue weighted by Crippen LogP contribution is -2.06. The van der Waals surface area contributed by atoms with Crippen molar-refractivity contribution in [3.8, 4) is 0 Å². The fourth-order valence-corrected chi connectivity index (χ4v) is 1.63. The minimum absolute atomic E-state index is 0.142. The molecule has 1 N–H and O–H groups in total. The minimum atomic E-state index is -0.261. The number of carbonyl (C=O) groups excluding carboxylic acids is 1. The van der Waals surface area contributed by atoms with Gasteiger partial charge in [0.05, 0.1) is 13.2 Å². The highest BCUT2D eigenvalue weighted by Crippen LogP contribution is 2.09. The third kappa shape index (κ3) is 10.0. The van der Waals surface area contributed by atoms with E-state index >= 15 is 0 Å². The zero-order chi connectivity index (χ0) is 11.5. The van der Waals surface area contributed by atoms with Gasteiger partial charge in [0.25, 0.3) is 0 Å². The van der Waals surface area contributed by atoms with Gasteiger partial charge < -0.3 is 9.84 Å². The van der Waals surface area contributed by atoms with Gasteiger partial charge in [-0.2, -0.15) is 0 Å². The summed E-state index contributed by atoms with van der Waals surface area (Å²) in [6.45, 7) is 0. The smallest absolute Gasteiger partial charge is 0.305 e. The second kappa shape index (κ2) is 10.2. The topological polar surface area (TPSA) is 46.5 Å². The molecule has 0 aromatic heterocycles. The van der Waals surface area contributed by atoms with Gasteiger partial charge in [-0.15, -0.1) is 11.6 Å². The highest BCUT2D eigenvalue weighted by atomic mass is 35.5. The normalized spacial score (nSPS) is 12.5. The molecule has 0 saturated heterocycles. The zero-order valence-electron chi connectivity index (χ0n) is 9.38. The molecule has 0 rings (SSSR count). The van der Waals surface area contributed by atoms with Crippen molar-refractivity contribution in [3.05, 3.63) is 0 Å². The van der Waals surface area contributed by atoms with E-state index in [1.54, 1.807) is 0 Å². The quantitative estimate of drug-likeness (QED) is 0.380. The number of halogens is 1. The molecule has 15 heavy (non-hydrogen) atoms. The molecule has 0 aliphatic rings. The summed E-state index contributed by atoms with van der Waals surface area (Å²) in [5.41, 5.74) is 0. The molecule has 0 fully saturated rings. The number of hydrogen-bond acceptors (Lipinski definition) is 3. The Morgan fingerprint density at radius 3 is 2.53 bits per heavy atom. The number of alkyl halides is 1. The van der Waals surface area contributed by atoms with Crippen molar-refractivity contribution in [2.75, 3.05) is 13.0 Å². The van der Waals surface area contributed by atoms with Gasteiger partial charge in [-0.3, -0.25) is 4.79 Å². The molecular formula is C11H21ClO3. The monoisotopic (exact) mass is 236 g/mol. The molecule has 0 saturated carbocycles. The maximum Gasteiger partial charge on any atom is 0.305 e. The molecule has 0 radical (unpaired) electrons. The lowest BCUT2D eigenvalue weighted by molar-refractivity contribution is -0.140. The summed E-state index contributed by atoms with van der Waals surface area (Å²) in [6.07, 6.45) is 5.66. The van der Waals surface area contributed by atoms with E-state index in [0.29, 0.717) is 18.7 Å². The number of rotatable bonds is 9. The Hall–Kier alpha value is -0.280. The van der Waals surface area contributed by atoms with Gasteiger partial charge in [0.2, 0.25) is 0 Å². The van der Waals surface area contributed by atoms with Crippen LogP contribution in [0.3, 0.4) is 0 Å². The van der Waals surface area contributed by atoms with Gasteiger partial charge in [-0.25, -0.2) is 0 Å². The highest BCUT2D eigenvalue weighted by Gasteiger charge is 2.03.